The summed E-state index contributed by atoms with van der Waals surface area (Å²) in [6.45, 7) is -2.86. The number of ether oxygens (including phenoxy) is 2. The van der Waals surface area contributed by atoms with Crippen molar-refractivity contribution >= 4 is 5.91 Å². The molecule has 7 heteroatoms. The smallest absolute Gasteiger partial charge is 0.387 e. The molecule has 0 aliphatic heterocycles. The van der Waals surface area contributed by atoms with E-state index in [0.717, 1.165) is 0 Å². The standard InChI is InChI=1S/C12H16F2N2O3/c1-18-9-3-2-7(4-8(6-15)11(16)17)5-10(9)19-12(13)14/h2-3,5,8,12H,4,6,15H2,1H3,(H2,16,17). The van der Waals surface area contributed by atoms with Crippen LogP contribution in [-0.4, -0.2) is 26.2 Å². The highest BCUT2D eigenvalue weighted by molar-refractivity contribution is 5.77. The first-order chi connectivity index (χ1) is 8.97. The van der Waals surface area contributed by atoms with E-state index in [2.05, 4.69) is 4.74 Å². The highest BCUT2D eigenvalue weighted by Crippen LogP contribution is 2.30. The summed E-state index contributed by atoms with van der Waals surface area (Å²) in [6.07, 6.45) is 0.259. The van der Waals surface area contributed by atoms with Crippen molar-refractivity contribution in [3.63, 3.8) is 0 Å². The van der Waals surface area contributed by atoms with Crippen molar-refractivity contribution in [2.24, 2.45) is 17.4 Å². The molecule has 0 spiro atoms. The first-order valence-corrected chi connectivity index (χ1v) is 5.59. The van der Waals surface area contributed by atoms with Gasteiger partial charge in [-0.3, -0.25) is 4.79 Å². The van der Waals surface area contributed by atoms with Gasteiger partial charge in [0, 0.05) is 6.54 Å². The first kappa shape index (κ1) is 15.2. The molecule has 4 N–H and O–H groups in total. The van der Waals surface area contributed by atoms with E-state index in [1.807, 2.05) is 0 Å². The van der Waals surface area contributed by atoms with E-state index < -0.39 is 18.4 Å². The molecule has 1 amide bonds. The summed E-state index contributed by atoms with van der Waals surface area (Å²) in [7, 11) is 1.35. The van der Waals surface area contributed by atoms with Gasteiger partial charge in [0.2, 0.25) is 5.91 Å². The molecular weight excluding hydrogens is 258 g/mol. The van der Waals surface area contributed by atoms with Crippen molar-refractivity contribution in [1.82, 2.24) is 0 Å². The quantitative estimate of drug-likeness (QED) is 0.773. The maximum absolute atomic E-state index is 12.3. The van der Waals surface area contributed by atoms with Gasteiger partial charge in [0.15, 0.2) is 11.5 Å². The number of carbonyl (C=O) groups excluding carboxylic acids is 1. The van der Waals surface area contributed by atoms with Gasteiger partial charge in [-0.05, 0) is 24.1 Å². The number of alkyl halides is 2. The molecule has 0 aliphatic rings. The molecule has 0 saturated carbocycles. The van der Waals surface area contributed by atoms with E-state index in [-0.39, 0.29) is 24.5 Å². The SMILES string of the molecule is COc1ccc(CC(CN)C(N)=O)cc1OC(F)F. The molecule has 0 heterocycles. The fourth-order valence-corrected chi connectivity index (χ4v) is 1.62. The summed E-state index contributed by atoms with van der Waals surface area (Å²) in [5, 5.41) is 0. The second kappa shape index (κ2) is 6.89. The average molecular weight is 274 g/mol. The van der Waals surface area contributed by atoms with Crippen molar-refractivity contribution in [3.05, 3.63) is 23.8 Å². The van der Waals surface area contributed by atoms with E-state index in [4.69, 9.17) is 16.2 Å². The number of nitrogens with two attached hydrogens (primary N) is 2. The average Bonchev–Trinajstić information content (AvgIpc) is 2.35. The van der Waals surface area contributed by atoms with Crippen molar-refractivity contribution < 1.29 is 23.0 Å². The Morgan fingerprint density at radius 2 is 2.05 bits per heavy atom. The summed E-state index contributed by atoms with van der Waals surface area (Å²) in [4.78, 5) is 11.1. The molecular formula is C12H16F2N2O3. The van der Waals surface area contributed by atoms with Gasteiger partial charge in [0.05, 0.1) is 13.0 Å². The topological polar surface area (TPSA) is 87.6 Å². The normalized spacial score (nSPS) is 12.3. The molecule has 106 valence electrons. The van der Waals surface area contributed by atoms with Crippen LogP contribution in [-0.2, 0) is 11.2 Å². The number of hydrogen-bond donors (Lipinski definition) is 2. The predicted octanol–water partition coefficient (Wildman–Crippen LogP) is 0.899. The number of amides is 1. The van der Waals surface area contributed by atoms with Gasteiger partial charge in [-0.1, -0.05) is 6.07 Å². The molecule has 0 saturated heterocycles. The van der Waals surface area contributed by atoms with Crippen molar-refractivity contribution in [2.45, 2.75) is 13.0 Å². The fraction of sp³-hybridized carbons (Fsp3) is 0.417. The lowest BCUT2D eigenvalue weighted by Crippen LogP contribution is -2.31. The Bertz CT molecular complexity index is 441. The third-order valence-corrected chi connectivity index (χ3v) is 2.61. The third-order valence-electron chi connectivity index (χ3n) is 2.61. The highest BCUT2D eigenvalue weighted by Gasteiger charge is 2.16. The van der Waals surface area contributed by atoms with E-state index in [9.17, 15) is 13.6 Å². The van der Waals surface area contributed by atoms with Crippen molar-refractivity contribution in [3.8, 4) is 11.5 Å². The first-order valence-electron chi connectivity index (χ1n) is 5.59. The van der Waals surface area contributed by atoms with Gasteiger partial charge >= 0.3 is 6.61 Å². The summed E-state index contributed by atoms with van der Waals surface area (Å²) in [5.41, 5.74) is 11.2. The Balaban J connectivity index is 2.94. The van der Waals surface area contributed by atoms with Gasteiger partial charge in [-0.2, -0.15) is 8.78 Å². The van der Waals surface area contributed by atoms with Crippen LogP contribution in [0, 0.1) is 5.92 Å². The van der Waals surface area contributed by atoms with E-state index in [1.165, 1.54) is 19.2 Å². The van der Waals surface area contributed by atoms with Crippen LogP contribution in [0.5, 0.6) is 11.5 Å². The second-order valence-electron chi connectivity index (χ2n) is 3.90. The zero-order chi connectivity index (χ0) is 14.4. The Hall–Kier alpha value is -1.89. The lowest BCUT2D eigenvalue weighted by atomic mass is 9.98. The van der Waals surface area contributed by atoms with Crippen LogP contribution in [0.2, 0.25) is 0 Å². The highest BCUT2D eigenvalue weighted by atomic mass is 19.3. The molecule has 1 aromatic carbocycles. The number of carbonyl (C=O) groups is 1. The monoisotopic (exact) mass is 274 g/mol. The van der Waals surface area contributed by atoms with Crippen LogP contribution < -0.4 is 20.9 Å². The van der Waals surface area contributed by atoms with Gasteiger partial charge in [0.1, 0.15) is 0 Å². The molecule has 0 radical (unpaired) electrons. The van der Waals surface area contributed by atoms with E-state index in [1.54, 1.807) is 6.07 Å². The number of rotatable bonds is 7. The lowest BCUT2D eigenvalue weighted by molar-refractivity contribution is -0.121. The predicted molar refractivity (Wildman–Crippen MR) is 65.1 cm³/mol. The molecule has 1 atom stereocenters. The molecule has 0 aliphatic carbocycles. The molecule has 1 rings (SSSR count). The third kappa shape index (κ3) is 4.36. The van der Waals surface area contributed by atoms with Gasteiger partial charge < -0.3 is 20.9 Å². The summed E-state index contributed by atoms with van der Waals surface area (Å²) in [6, 6.07) is 4.51. The van der Waals surface area contributed by atoms with Crippen molar-refractivity contribution in [1.29, 1.82) is 0 Å². The minimum atomic E-state index is -2.95. The van der Waals surface area contributed by atoms with Gasteiger partial charge in [0.25, 0.3) is 0 Å². The summed E-state index contributed by atoms with van der Waals surface area (Å²) < 4.78 is 33.8. The van der Waals surface area contributed by atoms with E-state index in [0.29, 0.717) is 5.56 Å². The summed E-state index contributed by atoms with van der Waals surface area (Å²) >= 11 is 0. The van der Waals surface area contributed by atoms with Crippen molar-refractivity contribution in [2.75, 3.05) is 13.7 Å². The van der Waals surface area contributed by atoms with Crippen LogP contribution >= 0.6 is 0 Å². The Morgan fingerprint density at radius 1 is 1.37 bits per heavy atom. The minimum Gasteiger partial charge on any atom is -0.493 e. The van der Waals surface area contributed by atoms with Gasteiger partial charge in [-0.15, -0.1) is 0 Å². The fourth-order valence-electron chi connectivity index (χ4n) is 1.62. The van der Waals surface area contributed by atoms with Crippen LogP contribution in [0.25, 0.3) is 0 Å². The van der Waals surface area contributed by atoms with E-state index >= 15 is 0 Å². The van der Waals surface area contributed by atoms with Crippen LogP contribution in [0.3, 0.4) is 0 Å². The number of primary amides is 1. The largest absolute Gasteiger partial charge is 0.493 e. The Morgan fingerprint density at radius 3 is 2.53 bits per heavy atom. The number of hydrogen-bond acceptors (Lipinski definition) is 4. The zero-order valence-corrected chi connectivity index (χ0v) is 10.4. The molecule has 1 unspecified atom stereocenters. The number of halogens is 2. The number of methoxy groups -OCH3 is 1. The lowest BCUT2D eigenvalue weighted by Gasteiger charge is -2.14. The minimum absolute atomic E-state index is 0.0877. The molecule has 0 bridgehead atoms. The van der Waals surface area contributed by atoms with Crippen LogP contribution in [0.15, 0.2) is 18.2 Å². The Labute approximate surface area is 109 Å². The molecule has 0 fully saturated rings. The van der Waals surface area contributed by atoms with Crippen LogP contribution in [0.1, 0.15) is 5.56 Å². The number of benzene rings is 1. The molecule has 5 nitrogen and oxygen atoms in total. The molecule has 19 heavy (non-hydrogen) atoms. The Kier molecular flexibility index (Phi) is 5.50. The second-order valence-corrected chi connectivity index (χ2v) is 3.90. The van der Waals surface area contributed by atoms with Gasteiger partial charge in [-0.25, -0.2) is 0 Å². The molecule has 1 aromatic rings. The molecule has 0 aromatic heterocycles. The zero-order valence-electron chi connectivity index (χ0n) is 10.4. The summed E-state index contributed by atoms with van der Waals surface area (Å²) in [5.74, 6) is -0.981. The maximum atomic E-state index is 12.3. The van der Waals surface area contributed by atoms with Crippen LogP contribution in [0.4, 0.5) is 8.78 Å². The maximum Gasteiger partial charge on any atom is 0.387 e.